The molecule has 1 amide bonds. The number of carbonyl (C=O) groups excluding carboxylic acids is 1. The number of aromatic nitrogens is 2. The molecule has 4 aromatic rings. The maximum atomic E-state index is 13.6. The normalized spacial score (nSPS) is 15.0. The molecule has 0 unspecified atom stereocenters. The highest BCUT2D eigenvalue weighted by Crippen LogP contribution is 2.33. The summed E-state index contributed by atoms with van der Waals surface area (Å²) < 4.78 is 4.26. The van der Waals surface area contributed by atoms with Crippen molar-refractivity contribution >= 4 is 46.0 Å². The van der Waals surface area contributed by atoms with Gasteiger partial charge in [0.2, 0.25) is 5.91 Å². The van der Waals surface area contributed by atoms with Gasteiger partial charge in [0.05, 0.1) is 15.8 Å². The van der Waals surface area contributed by atoms with Gasteiger partial charge >= 0.3 is 0 Å². The first-order valence-corrected chi connectivity index (χ1v) is 12.2. The molecule has 1 aliphatic rings. The quantitative estimate of drug-likeness (QED) is 0.389. The maximum absolute atomic E-state index is 13.6. The average Bonchev–Trinajstić information content (AvgIpc) is 3.14. The highest BCUT2D eigenvalue weighted by Gasteiger charge is 2.24. The first kappa shape index (κ1) is 21.1. The summed E-state index contributed by atoms with van der Waals surface area (Å²) in [5, 5.41) is 0.574. The molecule has 0 saturated carbocycles. The summed E-state index contributed by atoms with van der Waals surface area (Å²) in [6.07, 6.45) is 2.01. The number of amides is 1. The van der Waals surface area contributed by atoms with Gasteiger partial charge in [0, 0.05) is 13.1 Å². The van der Waals surface area contributed by atoms with Gasteiger partial charge in [-0.15, -0.1) is 11.3 Å². The predicted molar refractivity (Wildman–Crippen MR) is 133 cm³/mol. The van der Waals surface area contributed by atoms with Crippen LogP contribution in [0.25, 0.3) is 27.0 Å². The fraction of sp³-hybridized carbons (Fsp3) is 0.320. The van der Waals surface area contributed by atoms with Crippen molar-refractivity contribution < 1.29 is 4.79 Å². The third-order valence-electron chi connectivity index (χ3n) is 6.37. The first-order chi connectivity index (χ1) is 15.4. The molecule has 3 heterocycles. The van der Waals surface area contributed by atoms with E-state index in [1.165, 1.54) is 11.3 Å². The van der Waals surface area contributed by atoms with E-state index in [0.717, 1.165) is 47.5 Å². The van der Waals surface area contributed by atoms with E-state index in [0.29, 0.717) is 20.9 Å². The SMILES string of the molecule is Cc1cccc(-c2sc(=S)n3c4ccccc4c(=O)n(CC(=O)N4CCC(C)CC4)c23)c1. The van der Waals surface area contributed by atoms with Gasteiger partial charge in [-0.25, -0.2) is 0 Å². The van der Waals surface area contributed by atoms with Crippen LogP contribution in [0.5, 0.6) is 0 Å². The van der Waals surface area contributed by atoms with Crippen LogP contribution in [0.3, 0.4) is 0 Å². The van der Waals surface area contributed by atoms with Crippen molar-refractivity contribution in [3.63, 3.8) is 0 Å². The second-order valence-corrected chi connectivity index (χ2v) is 10.3. The van der Waals surface area contributed by atoms with Gasteiger partial charge in [-0.3, -0.25) is 18.6 Å². The Morgan fingerprint density at radius 2 is 1.88 bits per heavy atom. The molecule has 0 aliphatic carbocycles. The molecule has 5 rings (SSSR count). The van der Waals surface area contributed by atoms with Crippen molar-refractivity contribution in [2.75, 3.05) is 13.1 Å². The number of nitrogens with zero attached hydrogens (tertiary/aromatic N) is 3. The van der Waals surface area contributed by atoms with Gasteiger partial charge in [0.25, 0.3) is 5.56 Å². The number of benzene rings is 2. The zero-order valence-electron chi connectivity index (χ0n) is 18.2. The average molecular weight is 464 g/mol. The number of para-hydroxylation sites is 1. The molecule has 5 nitrogen and oxygen atoms in total. The van der Waals surface area contributed by atoms with E-state index in [1.807, 2.05) is 58.7 Å². The number of piperidine rings is 1. The summed E-state index contributed by atoms with van der Waals surface area (Å²) in [5.74, 6) is 0.626. The van der Waals surface area contributed by atoms with E-state index in [2.05, 4.69) is 13.0 Å². The van der Waals surface area contributed by atoms with Gasteiger partial charge in [0.15, 0.2) is 3.95 Å². The Morgan fingerprint density at radius 3 is 2.62 bits per heavy atom. The Kier molecular flexibility index (Phi) is 5.47. The Balaban J connectivity index is 1.75. The number of likely N-dealkylation sites (tertiary alicyclic amines) is 1. The van der Waals surface area contributed by atoms with Crippen LogP contribution in [0.15, 0.2) is 53.3 Å². The Hall–Kier alpha value is -2.77. The highest BCUT2D eigenvalue weighted by molar-refractivity contribution is 7.73. The fourth-order valence-electron chi connectivity index (χ4n) is 4.53. The third kappa shape index (κ3) is 3.59. The molecule has 7 heteroatoms. The topological polar surface area (TPSA) is 46.7 Å². The minimum atomic E-state index is -0.152. The Morgan fingerprint density at radius 1 is 1.12 bits per heavy atom. The number of fused-ring (bicyclic) bond motifs is 3. The van der Waals surface area contributed by atoms with Gasteiger partial charge in [-0.2, -0.15) is 0 Å². The van der Waals surface area contributed by atoms with E-state index in [-0.39, 0.29) is 18.0 Å². The number of thiazole rings is 1. The van der Waals surface area contributed by atoms with Crippen molar-refractivity contribution in [3.8, 4) is 10.4 Å². The Labute approximate surface area is 195 Å². The number of hydrogen-bond donors (Lipinski definition) is 0. The second kappa shape index (κ2) is 8.30. The van der Waals surface area contributed by atoms with Gasteiger partial charge in [-0.1, -0.05) is 48.9 Å². The molecule has 1 aliphatic heterocycles. The molecule has 0 N–H and O–H groups in total. The number of carbonyl (C=O) groups is 1. The molecule has 2 aromatic heterocycles. The van der Waals surface area contributed by atoms with Crippen LogP contribution >= 0.6 is 23.6 Å². The lowest BCUT2D eigenvalue weighted by molar-refractivity contribution is -0.133. The number of hydrogen-bond acceptors (Lipinski definition) is 4. The van der Waals surface area contributed by atoms with Crippen LogP contribution in [-0.2, 0) is 11.3 Å². The predicted octanol–water partition coefficient (Wildman–Crippen LogP) is 5.28. The minimum absolute atomic E-state index is 0.0107. The molecule has 164 valence electrons. The number of rotatable bonds is 3. The van der Waals surface area contributed by atoms with E-state index >= 15 is 0 Å². The van der Waals surface area contributed by atoms with Crippen LogP contribution < -0.4 is 5.56 Å². The standard InChI is InChI=1S/C25H25N3O2S2/c1-16-10-12-26(13-11-16)21(29)15-27-23-22(18-7-5-6-17(2)14-18)32-25(31)28(23)20-9-4-3-8-19(20)24(27)30/h3-9,14,16H,10-13,15H2,1-2H3. The van der Waals surface area contributed by atoms with Crippen LogP contribution in [0.2, 0.25) is 0 Å². The summed E-state index contributed by atoms with van der Waals surface area (Å²) >= 11 is 7.24. The van der Waals surface area contributed by atoms with Crippen molar-refractivity contribution in [3.05, 3.63) is 68.4 Å². The lowest BCUT2D eigenvalue weighted by Crippen LogP contribution is -2.41. The molecule has 32 heavy (non-hydrogen) atoms. The van der Waals surface area contributed by atoms with E-state index in [1.54, 1.807) is 4.57 Å². The monoisotopic (exact) mass is 463 g/mol. The summed E-state index contributed by atoms with van der Waals surface area (Å²) in [6, 6.07) is 15.7. The number of aryl methyl sites for hydroxylation is 1. The fourth-order valence-corrected chi connectivity index (χ4v) is 5.95. The maximum Gasteiger partial charge on any atom is 0.262 e. The summed E-state index contributed by atoms with van der Waals surface area (Å²) in [6.45, 7) is 5.79. The highest BCUT2D eigenvalue weighted by atomic mass is 32.1. The zero-order chi connectivity index (χ0) is 22.4. The van der Waals surface area contributed by atoms with E-state index < -0.39 is 0 Å². The van der Waals surface area contributed by atoms with Crippen molar-refractivity contribution in [1.82, 2.24) is 13.9 Å². The van der Waals surface area contributed by atoms with Crippen LogP contribution in [-0.4, -0.2) is 32.9 Å². The lowest BCUT2D eigenvalue weighted by atomic mass is 9.99. The largest absolute Gasteiger partial charge is 0.341 e. The van der Waals surface area contributed by atoms with Gasteiger partial charge < -0.3 is 4.90 Å². The first-order valence-electron chi connectivity index (χ1n) is 11.0. The molecule has 1 saturated heterocycles. The molecule has 1 fully saturated rings. The lowest BCUT2D eigenvalue weighted by Gasteiger charge is -2.30. The second-order valence-electron chi connectivity index (χ2n) is 8.70. The smallest absolute Gasteiger partial charge is 0.262 e. The summed E-state index contributed by atoms with van der Waals surface area (Å²) in [5.41, 5.74) is 3.47. The van der Waals surface area contributed by atoms with Gasteiger partial charge in [0.1, 0.15) is 12.2 Å². The molecule has 0 bridgehead atoms. The van der Waals surface area contributed by atoms with Crippen LogP contribution in [0, 0.1) is 16.8 Å². The van der Waals surface area contributed by atoms with Crippen LogP contribution in [0.1, 0.15) is 25.3 Å². The van der Waals surface area contributed by atoms with Gasteiger partial charge in [-0.05, 0) is 55.6 Å². The van der Waals surface area contributed by atoms with Crippen molar-refractivity contribution in [1.29, 1.82) is 0 Å². The van der Waals surface area contributed by atoms with Crippen molar-refractivity contribution in [2.45, 2.75) is 33.2 Å². The van der Waals surface area contributed by atoms with Crippen molar-refractivity contribution in [2.24, 2.45) is 5.92 Å². The summed E-state index contributed by atoms with van der Waals surface area (Å²) in [7, 11) is 0. The molecule has 0 spiro atoms. The van der Waals surface area contributed by atoms with E-state index in [4.69, 9.17) is 12.2 Å². The molecule has 0 radical (unpaired) electrons. The third-order valence-corrected chi connectivity index (χ3v) is 7.79. The van der Waals surface area contributed by atoms with Crippen LogP contribution in [0.4, 0.5) is 0 Å². The molecule has 0 atom stereocenters. The molecular formula is C25H25N3O2S2. The minimum Gasteiger partial charge on any atom is -0.341 e. The van der Waals surface area contributed by atoms with E-state index in [9.17, 15) is 9.59 Å². The molecule has 2 aromatic carbocycles. The Bertz CT molecular complexity index is 1460. The summed E-state index contributed by atoms with van der Waals surface area (Å²) in [4.78, 5) is 29.7. The zero-order valence-corrected chi connectivity index (χ0v) is 19.8. The molecular weight excluding hydrogens is 438 g/mol.